The minimum Gasteiger partial charge on any atom is -0.461 e. The maximum atomic E-state index is 15.2. The number of likely N-dealkylation sites (N-methyl/N-ethyl adjacent to an activating group) is 4. The van der Waals surface area contributed by atoms with Crippen molar-refractivity contribution in [1.82, 2.24) is 60.8 Å². The Morgan fingerprint density at radius 2 is 1.01 bits per heavy atom. The Labute approximate surface area is 453 Å². The van der Waals surface area contributed by atoms with Crippen molar-refractivity contribution in [3.8, 4) is 0 Å². The number of esters is 2. The van der Waals surface area contributed by atoms with E-state index in [9.17, 15) is 38.4 Å². The van der Waals surface area contributed by atoms with Crippen LogP contribution in [0.3, 0.4) is 0 Å². The fourth-order valence-corrected chi connectivity index (χ4v) is 11.4. The van der Waals surface area contributed by atoms with E-state index in [1.165, 1.54) is 54.4 Å². The van der Waals surface area contributed by atoms with Gasteiger partial charge in [0, 0.05) is 33.9 Å². The maximum absolute atomic E-state index is 15.2. The van der Waals surface area contributed by atoms with E-state index in [2.05, 4.69) is 41.2 Å². The lowest BCUT2D eigenvalue weighted by Gasteiger charge is -2.40. The summed E-state index contributed by atoms with van der Waals surface area (Å²) in [6.45, 7) is 7.69. The lowest BCUT2D eigenvalue weighted by atomic mass is 10.0. The van der Waals surface area contributed by atoms with Gasteiger partial charge in [0.15, 0.2) is 0 Å². The first-order chi connectivity index (χ1) is 36.4. The summed E-state index contributed by atoms with van der Waals surface area (Å²) in [5.41, 5.74) is 1.38. The van der Waals surface area contributed by atoms with Crippen molar-refractivity contribution in [3.63, 3.8) is 0 Å². The van der Waals surface area contributed by atoms with Gasteiger partial charge in [-0.25, -0.2) is 19.6 Å². The number of benzene rings is 2. The molecule has 0 aliphatic carbocycles. The maximum Gasteiger partial charge on any atom is 0.329 e. The third-order valence-electron chi connectivity index (χ3n) is 13.2. The van der Waals surface area contributed by atoms with E-state index in [1.807, 2.05) is 0 Å². The lowest BCUT2D eigenvalue weighted by Crippen LogP contribution is -2.60. The molecule has 8 amide bonds. The van der Waals surface area contributed by atoms with Gasteiger partial charge in [0.1, 0.15) is 72.9 Å². The number of fused-ring (bicyclic) bond motifs is 6. The Bertz CT molecular complexity index is 2930. The molecule has 2 bridgehead atoms. The number of hydrogen-bond donors (Lipinski definition) is 4. The number of carbonyl (C=O) groups excluding carboxylic acids is 10. The summed E-state index contributed by atoms with van der Waals surface area (Å²) >= 11 is 2.16. The van der Waals surface area contributed by atoms with Crippen molar-refractivity contribution >= 4 is 105 Å². The Balaban J connectivity index is 1.43. The Kier molecular flexibility index (Phi) is 19.5. The summed E-state index contributed by atoms with van der Waals surface area (Å²) < 4.78 is 10.5. The Morgan fingerprint density at radius 3 is 1.43 bits per heavy atom. The molecule has 0 spiro atoms. The number of nitrogens with zero attached hydrogens (tertiary/aromatic N) is 8. The van der Waals surface area contributed by atoms with Crippen LogP contribution in [-0.2, 0) is 47.8 Å². The largest absolute Gasteiger partial charge is 0.461 e. The van der Waals surface area contributed by atoms with E-state index in [1.54, 1.807) is 82.5 Å². The van der Waals surface area contributed by atoms with Gasteiger partial charge in [-0.2, -0.15) is 0 Å². The van der Waals surface area contributed by atoms with E-state index >= 15 is 9.59 Å². The number of thioether (sulfide) groups is 2. The van der Waals surface area contributed by atoms with Gasteiger partial charge in [-0.3, -0.25) is 48.3 Å². The molecule has 9 atom stereocenters. The molecule has 4 aromatic rings. The van der Waals surface area contributed by atoms with Gasteiger partial charge in [-0.15, -0.1) is 23.5 Å². The number of carbonyl (C=O) groups is 10. The van der Waals surface area contributed by atoms with Gasteiger partial charge in [-0.05, 0) is 56.2 Å². The van der Waals surface area contributed by atoms with Gasteiger partial charge < -0.3 is 50.3 Å². The van der Waals surface area contributed by atoms with Crippen LogP contribution in [0.1, 0.15) is 62.5 Å². The van der Waals surface area contributed by atoms with E-state index < -0.39 is 137 Å². The van der Waals surface area contributed by atoms with E-state index in [0.29, 0.717) is 22.1 Å². The number of ether oxygens (including phenoxy) is 2. The number of aromatic nitrogens is 4. The second-order valence-electron chi connectivity index (χ2n) is 19.3. The van der Waals surface area contributed by atoms with Crippen LogP contribution in [0.25, 0.3) is 22.1 Å². The highest BCUT2D eigenvalue weighted by molar-refractivity contribution is 8.16. The van der Waals surface area contributed by atoms with Crippen LogP contribution in [0.2, 0.25) is 0 Å². The molecule has 0 unspecified atom stereocenters. The topological polar surface area (TPSA) is 302 Å². The molecule has 2 aliphatic heterocycles. The Hall–Kier alpha value is -7.48. The number of hydrogen-bond acceptors (Lipinski definition) is 18. The number of nitrogens with one attached hydrogen (secondary N) is 4. The highest BCUT2D eigenvalue weighted by Gasteiger charge is 2.45. The molecule has 77 heavy (non-hydrogen) atoms. The van der Waals surface area contributed by atoms with Gasteiger partial charge in [0.05, 0.1) is 39.0 Å². The molecular formula is C51H64N12O12S2. The van der Waals surface area contributed by atoms with Crippen LogP contribution in [0.4, 0.5) is 0 Å². The third kappa shape index (κ3) is 13.6. The van der Waals surface area contributed by atoms with E-state index in [4.69, 9.17) is 9.47 Å². The molecule has 0 saturated carbocycles. The number of cyclic esters (lactones) is 2. The first-order valence-electron chi connectivity index (χ1n) is 24.7. The smallest absolute Gasteiger partial charge is 0.329 e. The van der Waals surface area contributed by atoms with Crippen LogP contribution in [0.5, 0.6) is 0 Å². The molecule has 26 heteroatoms. The summed E-state index contributed by atoms with van der Waals surface area (Å²) in [6.07, 6.45) is 4.06. The quantitative estimate of drug-likeness (QED) is 0.185. The SMILES string of the molecule is CS[C@H]1SC[C@@H]2C(=O)N(C)[C@H](C(C)C)C(=O)OC[C@H](NC(=O)c3cnc4ccccc4n3)C(=O)N[C@H](C)C(=O)N(C)[C@H]1C(=O)N(C)[C@H](C(C)C)C(=O)OC[C@H](NC(=O)c1cnc3ccccc3n1)C(=O)N[C@H](C)C(=O)N2C. The van der Waals surface area contributed by atoms with E-state index in [-0.39, 0.29) is 17.1 Å². The van der Waals surface area contributed by atoms with Crippen LogP contribution in [-0.4, -0.2) is 205 Å². The molecule has 24 nitrogen and oxygen atoms in total. The highest BCUT2D eigenvalue weighted by atomic mass is 32.2. The van der Waals surface area contributed by atoms with Crippen molar-refractivity contribution in [2.45, 2.75) is 94.5 Å². The molecule has 0 radical (unpaired) electrons. The molecule has 2 aliphatic rings. The van der Waals surface area contributed by atoms with Gasteiger partial charge in [0.2, 0.25) is 35.4 Å². The predicted octanol–water partition coefficient (Wildman–Crippen LogP) is 0.635. The average molecular weight is 1100 g/mol. The molecule has 6 rings (SSSR count). The van der Waals surface area contributed by atoms with E-state index in [0.717, 1.165) is 43.1 Å². The molecule has 4 heterocycles. The number of rotatable bonds is 7. The van der Waals surface area contributed by atoms with Crippen molar-refractivity contribution in [1.29, 1.82) is 0 Å². The summed E-state index contributed by atoms with van der Waals surface area (Å²) in [5, 5.41) is 10.2. The minimum absolute atomic E-state index is 0.182. The first-order valence-corrected chi connectivity index (χ1v) is 27.0. The highest BCUT2D eigenvalue weighted by Crippen LogP contribution is 2.32. The zero-order valence-corrected chi connectivity index (χ0v) is 46.2. The molecule has 2 aromatic carbocycles. The molecule has 2 saturated heterocycles. The second kappa shape index (κ2) is 25.6. The van der Waals surface area contributed by atoms with Crippen LogP contribution < -0.4 is 21.3 Å². The summed E-state index contributed by atoms with van der Waals surface area (Å²) in [6, 6.07) is 1.79. The lowest BCUT2D eigenvalue weighted by molar-refractivity contribution is -0.160. The zero-order valence-electron chi connectivity index (χ0n) is 44.5. The monoisotopic (exact) mass is 1100 g/mol. The average Bonchev–Trinajstić information content (AvgIpc) is 3.40. The number of amides is 8. The summed E-state index contributed by atoms with van der Waals surface area (Å²) in [4.78, 5) is 166. The fraction of sp³-hybridized carbons (Fsp3) is 0.490. The van der Waals surface area contributed by atoms with Crippen LogP contribution in [0.15, 0.2) is 60.9 Å². The van der Waals surface area contributed by atoms with Crippen LogP contribution >= 0.6 is 23.5 Å². The molecule has 2 fully saturated rings. The van der Waals surface area contributed by atoms with Crippen molar-refractivity contribution in [3.05, 3.63) is 72.3 Å². The summed E-state index contributed by atoms with van der Waals surface area (Å²) in [5.74, 6) is -10.4. The third-order valence-corrected chi connectivity index (χ3v) is 16.0. The van der Waals surface area contributed by atoms with Crippen molar-refractivity contribution < 1.29 is 57.4 Å². The van der Waals surface area contributed by atoms with Gasteiger partial charge in [0.25, 0.3) is 11.8 Å². The van der Waals surface area contributed by atoms with Gasteiger partial charge in [-0.1, -0.05) is 52.0 Å². The Morgan fingerprint density at radius 1 is 0.610 bits per heavy atom. The molecular weight excluding hydrogens is 1040 g/mol. The zero-order chi connectivity index (χ0) is 56.6. The second-order valence-corrected chi connectivity index (χ2v) is 21.8. The normalized spacial score (nSPS) is 25.4. The summed E-state index contributed by atoms with van der Waals surface area (Å²) in [7, 11) is 5.32. The molecule has 4 N–H and O–H groups in total. The van der Waals surface area contributed by atoms with Crippen LogP contribution in [0, 0.1) is 11.8 Å². The van der Waals surface area contributed by atoms with Crippen molar-refractivity contribution in [2.24, 2.45) is 11.8 Å². The predicted molar refractivity (Wildman–Crippen MR) is 284 cm³/mol. The molecule has 2 aromatic heterocycles. The van der Waals surface area contributed by atoms with Gasteiger partial charge >= 0.3 is 11.9 Å². The fourth-order valence-electron chi connectivity index (χ4n) is 8.88. The standard InChI is InChI=1S/C51H64N12O12S2/c1-25(2)38-49(72)74-22-36(59-42(65)34-21-53-30-17-13-15-19-32(30)57-34)44(67)55-28(6)46(69)63(10)40-48(71)62(9)39(26(3)4)50(73)75-23-35(58-41(64)33-20-52-29-16-12-14-18-31(29)56-33)43(66)54-27(5)45(68)60(7)37(47(70)61(38)8)24-77-51(40)76-11/h12-21,25-28,35-40,51H,22-24H2,1-11H3,(H,54,66)(H,55,67)(H,58,64)(H,59,65)/t27-,28-,35+,36+,37-,38-,39-,40+,51+/m1/s1. The minimum atomic E-state index is -1.66. The van der Waals surface area contributed by atoms with Crippen molar-refractivity contribution in [2.75, 3.05) is 53.4 Å². The molecule has 412 valence electrons. The first kappa shape index (κ1) is 58.8. The number of para-hydroxylation sites is 4.